The smallest absolute Gasteiger partial charge is 0.254 e. The number of rotatable bonds is 7. The molecule has 1 aromatic carbocycles. The summed E-state index contributed by atoms with van der Waals surface area (Å²) in [4.78, 5) is 44.8. The minimum atomic E-state index is -0.324. The van der Waals surface area contributed by atoms with Crippen LogP contribution in [0.15, 0.2) is 45.7 Å². The minimum Gasteiger partial charge on any atom is -0.481 e. The summed E-state index contributed by atoms with van der Waals surface area (Å²) in [5.74, 6) is 0.930. The van der Waals surface area contributed by atoms with Gasteiger partial charge in [-0.25, -0.2) is 0 Å². The fraction of sp³-hybridized carbons (Fsp3) is 0.444. The van der Waals surface area contributed by atoms with E-state index in [0.717, 1.165) is 24.8 Å². The van der Waals surface area contributed by atoms with Crippen molar-refractivity contribution in [3.63, 3.8) is 0 Å². The van der Waals surface area contributed by atoms with Crippen LogP contribution in [0.4, 0.5) is 11.5 Å². The molecule has 0 aliphatic heterocycles. The molecule has 1 fully saturated rings. The first-order valence-electron chi connectivity index (χ1n) is 12.4. The molecule has 2 unspecified atom stereocenters. The van der Waals surface area contributed by atoms with Crippen LogP contribution in [0.3, 0.4) is 0 Å². The second-order valence-corrected chi connectivity index (χ2v) is 10.4. The number of aromatic amines is 1. The Morgan fingerprint density at radius 1 is 1.11 bits per heavy atom. The van der Waals surface area contributed by atoms with E-state index >= 15 is 0 Å². The highest BCUT2D eigenvalue weighted by Crippen LogP contribution is 2.37. The van der Waals surface area contributed by atoms with Gasteiger partial charge in [0.05, 0.1) is 19.6 Å². The first-order valence-corrected chi connectivity index (χ1v) is 12.4. The van der Waals surface area contributed by atoms with Crippen molar-refractivity contribution in [2.45, 2.75) is 64.2 Å². The van der Waals surface area contributed by atoms with E-state index in [-0.39, 0.29) is 46.9 Å². The Morgan fingerprint density at radius 2 is 1.84 bits per heavy atom. The van der Waals surface area contributed by atoms with Crippen LogP contribution >= 0.6 is 0 Å². The topological polar surface area (TPSA) is 139 Å². The van der Waals surface area contributed by atoms with Crippen LogP contribution in [0, 0.1) is 5.92 Å². The lowest BCUT2D eigenvalue weighted by Gasteiger charge is -2.29. The molecule has 2 heterocycles. The Morgan fingerprint density at radius 3 is 2.51 bits per heavy atom. The maximum absolute atomic E-state index is 13.2. The molecule has 4 rings (SSSR count). The van der Waals surface area contributed by atoms with E-state index < -0.39 is 0 Å². The Hall–Kier alpha value is -3.95. The largest absolute Gasteiger partial charge is 0.481 e. The third-order valence-electron chi connectivity index (χ3n) is 6.50. The molecule has 1 aliphatic carbocycles. The second-order valence-electron chi connectivity index (χ2n) is 10.4. The van der Waals surface area contributed by atoms with Crippen LogP contribution in [0.5, 0.6) is 5.88 Å². The highest BCUT2D eigenvalue weighted by molar-refractivity contribution is 5.94. The molecule has 1 saturated carbocycles. The molecule has 3 N–H and O–H groups in total. The van der Waals surface area contributed by atoms with E-state index in [1.54, 1.807) is 30.3 Å². The van der Waals surface area contributed by atoms with Gasteiger partial charge in [0, 0.05) is 29.0 Å². The summed E-state index contributed by atoms with van der Waals surface area (Å²) in [6.45, 7) is 6.01. The average Bonchev–Trinajstić information content (AvgIpc) is 3.34. The van der Waals surface area contributed by atoms with Gasteiger partial charge in [-0.2, -0.15) is 4.98 Å². The SMILES string of the molecule is COc1cc(=O)[nH]c(C2CCCCC2C(=O)Nc2ccc(CC(=O)Nc3cc(C(C)(C)C)on3)cc2)n1. The number of H-pyrrole nitrogens is 1. The number of hydrogen-bond acceptors (Lipinski definition) is 7. The number of methoxy groups -OCH3 is 1. The van der Waals surface area contributed by atoms with Gasteiger partial charge in [0.2, 0.25) is 17.7 Å². The lowest BCUT2D eigenvalue weighted by atomic mass is 9.78. The fourth-order valence-electron chi connectivity index (χ4n) is 4.51. The molecular formula is C27H33N5O5. The number of hydrogen-bond donors (Lipinski definition) is 3. The summed E-state index contributed by atoms with van der Waals surface area (Å²) < 4.78 is 10.4. The van der Waals surface area contributed by atoms with Gasteiger partial charge in [-0.1, -0.05) is 50.9 Å². The molecule has 0 radical (unpaired) electrons. The summed E-state index contributed by atoms with van der Waals surface area (Å²) in [6.07, 6.45) is 3.50. The molecule has 37 heavy (non-hydrogen) atoms. The Labute approximate surface area is 215 Å². The maximum Gasteiger partial charge on any atom is 0.254 e. The average molecular weight is 508 g/mol. The van der Waals surface area contributed by atoms with Crippen molar-refractivity contribution in [2.75, 3.05) is 17.7 Å². The van der Waals surface area contributed by atoms with Gasteiger partial charge in [0.15, 0.2) is 5.82 Å². The summed E-state index contributed by atoms with van der Waals surface area (Å²) in [7, 11) is 1.46. The molecule has 2 aromatic heterocycles. The third-order valence-corrected chi connectivity index (χ3v) is 6.50. The van der Waals surface area contributed by atoms with Crippen molar-refractivity contribution >= 4 is 23.3 Å². The van der Waals surface area contributed by atoms with Crippen molar-refractivity contribution in [2.24, 2.45) is 5.92 Å². The lowest BCUT2D eigenvalue weighted by molar-refractivity contribution is -0.121. The van der Waals surface area contributed by atoms with E-state index in [2.05, 4.69) is 25.8 Å². The monoisotopic (exact) mass is 507 g/mol. The third kappa shape index (κ3) is 6.63. The number of benzene rings is 1. The van der Waals surface area contributed by atoms with E-state index in [4.69, 9.17) is 9.26 Å². The zero-order valence-corrected chi connectivity index (χ0v) is 21.6. The summed E-state index contributed by atoms with van der Waals surface area (Å²) in [6, 6.07) is 10.2. The predicted molar refractivity (Wildman–Crippen MR) is 139 cm³/mol. The van der Waals surface area contributed by atoms with E-state index in [9.17, 15) is 14.4 Å². The molecule has 2 amide bonds. The van der Waals surface area contributed by atoms with Gasteiger partial charge in [-0.05, 0) is 30.5 Å². The highest BCUT2D eigenvalue weighted by atomic mass is 16.5. The van der Waals surface area contributed by atoms with E-state index in [1.807, 2.05) is 20.8 Å². The zero-order valence-electron chi connectivity index (χ0n) is 21.6. The van der Waals surface area contributed by atoms with Gasteiger partial charge >= 0.3 is 0 Å². The van der Waals surface area contributed by atoms with Crippen LogP contribution in [-0.2, 0) is 21.4 Å². The van der Waals surface area contributed by atoms with Gasteiger partial charge in [0.1, 0.15) is 11.6 Å². The molecule has 0 saturated heterocycles. The number of nitrogens with one attached hydrogen (secondary N) is 3. The quantitative estimate of drug-likeness (QED) is 0.436. The van der Waals surface area contributed by atoms with Crippen LogP contribution in [-0.4, -0.2) is 34.0 Å². The van der Waals surface area contributed by atoms with Crippen molar-refractivity contribution < 1.29 is 18.8 Å². The summed E-state index contributed by atoms with van der Waals surface area (Å²) >= 11 is 0. The van der Waals surface area contributed by atoms with E-state index in [1.165, 1.54) is 13.2 Å². The molecule has 196 valence electrons. The van der Waals surface area contributed by atoms with Gasteiger partial charge < -0.3 is 24.9 Å². The van der Waals surface area contributed by atoms with Crippen LogP contribution in [0.25, 0.3) is 0 Å². The molecule has 0 spiro atoms. The number of aromatic nitrogens is 3. The van der Waals surface area contributed by atoms with Gasteiger partial charge in [-0.3, -0.25) is 14.4 Å². The van der Waals surface area contributed by atoms with Crippen molar-refractivity contribution in [3.05, 3.63) is 63.9 Å². The predicted octanol–water partition coefficient (Wildman–Crippen LogP) is 4.16. The van der Waals surface area contributed by atoms with Crippen molar-refractivity contribution in [1.82, 2.24) is 15.1 Å². The number of nitrogens with zero attached hydrogens (tertiary/aromatic N) is 2. The van der Waals surface area contributed by atoms with Crippen LogP contribution in [0.1, 0.15) is 69.5 Å². The number of ether oxygens (including phenoxy) is 1. The maximum atomic E-state index is 13.2. The normalized spacial score (nSPS) is 17.7. The summed E-state index contributed by atoms with van der Waals surface area (Å²) in [5, 5.41) is 9.64. The fourth-order valence-corrected chi connectivity index (χ4v) is 4.51. The van der Waals surface area contributed by atoms with Crippen LogP contribution in [0.2, 0.25) is 0 Å². The Balaban J connectivity index is 1.37. The minimum absolute atomic E-state index is 0.124. The first kappa shape index (κ1) is 26.1. The van der Waals surface area contributed by atoms with Gasteiger partial charge in [0.25, 0.3) is 5.56 Å². The van der Waals surface area contributed by atoms with E-state index in [0.29, 0.717) is 29.5 Å². The number of anilines is 2. The zero-order chi connectivity index (χ0) is 26.6. The van der Waals surface area contributed by atoms with Crippen molar-refractivity contribution in [3.8, 4) is 5.88 Å². The number of amides is 2. The van der Waals surface area contributed by atoms with Crippen LogP contribution < -0.4 is 20.9 Å². The second kappa shape index (κ2) is 11.0. The summed E-state index contributed by atoms with van der Waals surface area (Å²) in [5.41, 5.74) is 0.931. The molecule has 3 aromatic rings. The Kier molecular flexibility index (Phi) is 7.75. The lowest BCUT2D eigenvalue weighted by Crippen LogP contribution is -2.32. The molecular weight excluding hydrogens is 474 g/mol. The molecule has 0 bridgehead atoms. The first-order chi connectivity index (χ1) is 17.6. The molecule has 1 aliphatic rings. The molecule has 10 nitrogen and oxygen atoms in total. The standard InChI is InChI=1S/C27H33N5O5/c1-27(2,3)20-14-21(32-37-20)29-22(33)13-16-9-11-17(12-10-16)28-26(35)19-8-6-5-7-18(19)25-30-23(34)15-24(31-25)36-4/h9-12,14-15,18-19H,5-8,13H2,1-4H3,(H,28,35)(H,29,32,33)(H,30,31,34). The highest BCUT2D eigenvalue weighted by Gasteiger charge is 2.34. The number of carbonyl (C=O) groups is 2. The molecule has 2 atom stereocenters. The number of carbonyl (C=O) groups excluding carboxylic acids is 2. The molecule has 10 heteroatoms. The Bertz CT molecular complexity index is 1310. The van der Waals surface area contributed by atoms with Gasteiger partial charge in [-0.15, -0.1) is 0 Å². The van der Waals surface area contributed by atoms with Crippen molar-refractivity contribution in [1.29, 1.82) is 0 Å².